The van der Waals surface area contributed by atoms with Crippen molar-refractivity contribution in [3.8, 4) is 17.0 Å². The SMILES string of the molecule is CC(N)c1cc2cccc(O)c2nc1-c1ccccc1. The number of aromatic nitrogens is 1. The van der Waals surface area contributed by atoms with Crippen LogP contribution in [0.3, 0.4) is 0 Å². The Hall–Kier alpha value is -2.39. The Balaban J connectivity index is 2.34. The highest BCUT2D eigenvalue weighted by atomic mass is 16.3. The topological polar surface area (TPSA) is 59.1 Å². The van der Waals surface area contributed by atoms with Crippen molar-refractivity contribution in [2.24, 2.45) is 5.73 Å². The minimum atomic E-state index is -0.121. The highest BCUT2D eigenvalue weighted by Crippen LogP contribution is 2.31. The summed E-state index contributed by atoms with van der Waals surface area (Å²) in [6.45, 7) is 1.94. The third kappa shape index (κ3) is 2.12. The zero-order valence-electron chi connectivity index (χ0n) is 11.2. The van der Waals surface area contributed by atoms with Crippen LogP contribution in [-0.2, 0) is 0 Å². The van der Waals surface area contributed by atoms with E-state index >= 15 is 0 Å². The molecular formula is C17H16N2O. The molecule has 100 valence electrons. The van der Waals surface area contributed by atoms with Gasteiger partial charge in [-0.1, -0.05) is 42.5 Å². The zero-order chi connectivity index (χ0) is 14.1. The normalized spacial score (nSPS) is 12.5. The Morgan fingerprint density at radius 2 is 1.80 bits per heavy atom. The van der Waals surface area contributed by atoms with Crippen LogP contribution in [0.5, 0.6) is 5.75 Å². The Kier molecular flexibility index (Phi) is 3.12. The molecule has 0 saturated carbocycles. The standard InChI is InChI=1S/C17H16N2O/c1-11(18)14-10-13-8-5-9-15(20)17(13)19-16(14)12-6-3-2-4-7-12/h2-11,20H,18H2,1H3. The predicted molar refractivity (Wildman–Crippen MR) is 81.4 cm³/mol. The van der Waals surface area contributed by atoms with Crippen LogP contribution in [0.4, 0.5) is 0 Å². The summed E-state index contributed by atoms with van der Waals surface area (Å²) in [6.07, 6.45) is 0. The van der Waals surface area contributed by atoms with Crippen LogP contribution in [0.1, 0.15) is 18.5 Å². The number of benzene rings is 2. The summed E-state index contributed by atoms with van der Waals surface area (Å²) in [6, 6.07) is 17.2. The lowest BCUT2D eigenvalue weighted by Crippen LogP contribution is -2.08. The van der Waals surface area contributed by atoms with Crippen molar-refractivity contribution in [2.75, 3.05) is 0 Å². The first kappa shape index (κ1) is 12.6. The van der Waals surface area contributed by atoms with E-state index in [1.165, 1.54) is 0 Å². The van der Waals surface area contributed by atoms with Crippen LogP contribution in [0.2, 0.25) is 0 Å². The van der Waals surface area contributed by atoms with Gasteiger partial charge in [-0.3, -0.25) is 0 Å². The highest BCUT2D eigenvalue weighted by molar-refractivity contribution is 5.88. The van der Waals surface area contributed by atoms with Gasteiger partial charge in [-0.15, -0.1) is 0 Å². The summed E-state index contributed by atoms with van der Waals surface area (Å²) < 4.78 is 0. The van der Waals surface area contributed by atoms with Crippen LogP contribution in [0.15, 0.2) is 54.6 Å². The number of hydrogen-bond donors (Lipinski definition) is 2. The van der Waals surface area contributed by atoms with Gasteiger partial charge in [0.05, 0.1) is 5.69 Å². The number of phenols is 1. The van der Waals surface area contributed by atoms with Gasteiger partial charge in [0.1, 0.15) is 11.3 Å². The molecule has 1 aromatic heterocycles. The average molecular weight is 264 g/mol. The van der Waals surface area contributed by atoms with Crippen LogP contribution in [-0.4, -0.2) is 10.1 Å². The summed E-state index contributed by atoms with van der Waals surface area (Å²) in [5.41, 5.74) is 9.50. The minimum Gasteiger partial charge on any atom is -0.506 e. The van der Waals surface area contributed by atoms with E-state index in [0.29, 0.717) is 5.52 Å². The van der Waals surface area contributed by atoms with Gasteiger partial charge in [0, 0.05) is 17.0 Å². The maximum Gasteiger partial charge on any atom is 0.141 e. The van der Waals surface area contributed by atoms with Crippen molar-refractivity contribution >= 4 is 10.9 Å². The summed E-state index contributed by atoms with van der Waals surface area (Å²) in [7, 11) is 0. The molecule has 0 aliphatic carbocycles. The molecule has 3 aromatic rings. The van der Waals surface area contributed by atoms with Gasteiger partial charge in [-0.05, 0) is 24.6 Å². The number of fused-ring (bicyclic) bond motifs is 1. The Bertz CT molecular complexity index is 752. The van der Waals surface area contributed by atoms with E-state index in [9.17, 15) is 5.11 Å². The molecule has 0 aliphatic heterocycles. The Labute approximate surface area is 117 Å². The predicted octanol–water partition coefficient (Wildman–Crippen LogP) is 3.63. The summed E-state index contributed by atoms with van der Waals surface area (Å²) in [5, 5.41) is 10.9. The smallest absolute Gasteiger partial charge is 0.141 e. The van der Waals surface area contributed by atoms with E-state index in [0.717, 1.165) is 22.2 Å². The fourth-order valence-electron chi connectivity index (χ4n) is 2.37. The second kappa shape index (κ2) is 4.94. The van der Waals surface area contributed by atoms with E-state index in [2.05, 4.69) is 4.98 Å². The first-order chi connectivity index (χ1) is 9.66. The van der Waals surface area contributed by atoms with Gasteiger partial charge in [0.15, 0.2) is 0 Å². The van der Waals surface area contributed by atoms with Crippen molar-refractivity contribution in [1.82, 2.24) is 4.98 Å². The molecule has 20 heavy (non-hydrogen) atoms. The second-order valence-corrected chi connectivity index (χ2v) is 4.93. The van der Waals surface area contributed by atoms with Gasteiger partial charge in [0.25, 0.3) is 0 Å². The average Bonchev–Trinajstić information content (AvgIpc) is 2.47. The molecular weight excluding hydrogens is 248 g/mol. The number of hydrogen-bond acceptors (Lipinski definition) is 3. The van der Waals surface area contributed by atoms with Gasteiger partial charge in [-0.2, -0.15) is 0 Å². The second-order valence-electron chi connectivity index (χ2n) is 4.93. The molecule has 1 unspecified atom stereocenters. The van der Waals surface area contributed by atoms with Gasteiger partial charge < -0.3 is 10.8 Å². The van der Waals surface area contributed by atoms with E-state index < -0.39 is 0 Å². The summed E-state index contributed by atoms with van der Waals surface area (Å²) in [5.74, 6) is 0.191. The van der Waals surface area contributed by atoms with Crippen LogP contribution >= 0.6 is 0 Å². The number of para-hydroxylation sites is 1. The van der Waals surface area contributed by atoms with Crippen LogP contribution in [0, 0.1) is 0 Å². The molecule has 0 bridgehead atoms. The summed E-state index contributed by atoms with van der Waals surface area (Å²) >= 11 is 0. The largest absolute Gasteiger partial charge is 0.506 e. The Morgan fingerprint density at radius 1 is 1.05 bits per heavy atom. The molecule has 0 radical (unpaired) electrons. The molecule has 3 heteroatoms. The van der Waals surface area contributed by atoms with Crippen molar-refractivity contribution in [3.05, 3.63) is 60.2 Å². The lowest BCUT2D eigenvalue weighted by atomic mass is 9.99. The first-order valence-corrected chi connectivity index (χ1v) is 6.60. The number of nitrogens with zero attached hydrogens (tertiary/aromatic N) is 1. The molecule has 0 fully saturated rings. The number of nitrogens with two attached hydrogens (primary N) is 1. The van der Waals surface area contributed by atoms with E-state index in [-0.39, 0.29) is 11.8 Å². The first-order valence-electron chi connectivity index (χ1n) is 6.60. The van der Waals surface area contributed by atoms with E-state index in [1.807, 2.05) is 55.5 Å². The zero-order valence-corrected chi connectivity index (χ0v) is 11.2. The quantitative estimate of drug-likeness (QED) is 0.743. The van der Waals surface area contributed by atoms with E-state index in [4.69, 9.17) is 5.73 Å². The van der Waals surface area contributed by atoms with Gasteiger partial charge in [0.2, 0.25) is 0 Å². The number of rotatable bonds is 2. The highest BCUT2D eigenvalue weighted by Gasteiger charge is 2.13. The van der Waals surface area contributed by atoms with Gasteiger partial charge in [-0.25, -0.2) is 4.98 Å². The molecule has 3 rings (SSSR count). The molecule has 1 heterocycles. The number of aromatic hydroxyl groups is 1. The van der Waals surface area contributed by atoms with E-state index in [1.54, 1.807) is 6.07 Å². The fraction of sp³-hybridized carbons (Fsp3) is 0.118. The molecule has 2 aromatic carbocycles. The monoisotopic (exact) mass is 264 g/mol. The van der Waals surface area contributed by atoms with Crippen LogP contribution in [0.25, 0.3) is 22.2 Å². The Morgan fingerprint density at radius 3 is 2.50 bits per heavy atom. The molecule has 3 nitrogen and oxygen atoms in total. The maximum atomic E-state index is 9.98. The maximum absolute atomic E-state index is 9.98. The third-order valence-corrected chi connectivity index (χ3v) is 3.39. The summed E-state index contributed by atoms with van der Waals surface area (Å²) in [4.78, 5) is 4.64. The molecule has 0 saturated heterocycles. The lowest BCUT2D eigenvalue weighted by molar-refractivity contribution is 0.480. The van der Waals surface area contributed by atoms with Crippen molar-refractivity contribution in [3.63, 3.8) is 0 Å². The lowest BCUT2D eigenvalue weighted by Gasteiger charge is -2.14. The minimum absolute atomic E-state index is 0.121. The fourth-order valence-corrected chi connectivity index (χ4v) is 2.37. The van der Waals surface area contributed by atoms with Crippen LogP contribution < -0.4 is 5.73 Å². The molecule has 3 N–H and O–H groups in total. The number of phenolic OH excluding ortho intramolecular Hbond substituents is 1. The molecule has 0 amide bonds. The molecule has 0 aliphatic rings. The third-order valence-electron chi connectivity index (χ3n) is 3.39. The number of pyridine rings is 1. The van der Waals surface area contributed by atoms with Gasteiger partial charge >= 0.3 is 0 Å². The van der Waals surface area contributed by atoms with Crippen molar-refractivity contribution in [1.29, 1.82) is 0 Å². The van der Waals surface area contributed by atoms with Crippen molar-refractivity contribution < 1.29 is 5.11 Å². The molecule has 1 atom stereocenters. The molecule has 0 spiro atoms. The van der Waals surface area contributed by atoms with Crippen molar-refractivity contribution in [2.45, 2.75) is 13.0 Å².